The molecule has 0 spiro atoms. The van der Waals surface area contributed by atoms with Crippen LogP contribution in [-0.2, 0) is 4.79 Å². The normalized spacial score (nSPS) is 15.9. The molecule has 1 atom stereocenters. The van der Waals surface area contributed by atoms with Crippen LogP contribution in [0.5, 0.6) is 0 Å². The molecule has 3 nitrogen and oxygen atoms in total. The lowest BCUT2D eigenvalue weighted by Crippen LogP contribution is -2.27. The minimum atomic E-state index is -1.03. The first-order chi connectivity index (χ1) is 4.98. The van der Waals surface area contributed by atoms with Crippen LogP contribution in [0.4, 0.5) is 0 Å². The van der Waals surface area contributed by atoms with E-state index in [0.29, 0.717) is 6.42 Å². The van der Waals surface area contributed by atoms with Crippen LogP contribution in [0.1, 0.15) is 39.5 Å². The van der Waals surface area contributed by atoms with E-state index >= 15 is 0 Å². The molecule has 0 heterocycles. The molecule has 2 N–H and O–H groups in total. The first-order valence-corrected chi connectivity index (χ1v) is 3.92. The van der Waals surface area contributed by atoms with Crippen LogP contribution in [0, 0.1) is 0 Å². The number of unbranched alkanes of at least 4 members (excludes halogenated alkanes) is 1. The van der Waals surface area contributed by atoms with Crippen molar-refractivity contribution in [1.29, 1.82) is 0 Å². The van der Waals surface area contributed by atoms with E-state index in [9.17, 15) is 9.90 Å². The molecule has 0 aromatic carbocycles. The first kappa shape index (κ1) is 10.4. The molecule has 0 aliphatic rings. The van der Waals surface area contributed by atoms with Crippen molar-refractivity contribution in [2.24, 2.45) is 0 Å². The summed E-state index contributed by atoms with van der Waals surface area (Å²) in [6.45, 7) is 3.58. The lowest BCUT2D eigenvalue weighted by Gasteiger charge is -2.20. The van der Waals surface area contributed by atoms with E-state index in [2.05, 4.69) is 0 Å². The van der Waals surface area contributed by atoms with Gasteiger partial charge >= 0.3 is 5.97 Å². The Balaban J connectivity index is 3.70. The highest BCUT2D eigenvalue weighted by atomic mass is 16.4. The van der Waals surface area contributed by atoms with Crippen LogP contribution >= 0.6 is 0 Å². The summed E-state index contributed by atoms with van der Waals surface area (Å²) in [4.78, 5) is 10.2. The molecule has 3 heteroatoms. The molecule has 0 rings (SSSR count). The number of aliphatic carboxylic acids is 1. The van der Waals surface area contributed by atoms with E-state index in [1.54, 1.807) is 6.92 Å². The Bertz CT molecular complexity index is 129. The highest BCUT2D eigenvalue weighted by Gasteiger charge is 2.22. The molecule has 0 amide bonds. The van der Waals surface area contributed by atoms with Gasteiger partial charge in [-0.2, -0.15) is 0 Å². The van der Waals surface area contributed by atoms with Crippen LogP contribution in [0.3, 0.4) is 0 Å². The maximum Gasteiger partial charge on any atom is 0.306 e. The Kier molecular flexibility index (Phi) is 4.11. The maximum absolute atomic E-state index is 10.2. The van der Waals surface area contributed by atoms with Gasteiger partial charge in [-0.15, -0.1) is 0 Å². The molecule has 0 unspecified atom stereocenters. The van der Waals surface area contributed by atoms with Crippen LogP contribution in [0.25, 0.3) is 0 Å². The standard InChI is InChI=1S/C8H16O3/c1-3-4-5-8(2,11)6-7(9)10/h11H,3-6H2,1-2H3,(H,9,10)/t8-/m1/s1. The molecule has 0 radical (unpaired) electrons. The van der Waals surface area contributed by atoms with Crippen molar-refractivity contribution < 1.29 is 15.0 Å². The van der Waals surface area contributed by atoms with Crippen LogP contribution in [0.15, 0.2) is 0 Å². The van der Waals surface area contributed by atoms with Crippen molar-refractivity contribution in [3.63, 3.8) is 0 Å². The first-order valence-electron chi connectivity index (χ1n) is 3.92. The van der Waals surface area contributed by atoms with Gasteiger partial charge in [0.1, 0.15) is 0 Å². The lowest BCUT2D eigenvalue weighted by atomic mass is 9.96. The quantitative estimate of drug-likeness (QED) is 0.639. The smallest absolute Gasteiger partial charge is 0.306 e. The highest BCUT2D eigenvalue weighted by Crippen LogP contribution is 2.17. The maximum atomic E-state index is 10.2. The number of carbonyl (C=O) groups is 1. The molecule has 0 saturated heterocycles. The molecular formula is C8H16O3. The van der Waals surface area contributed by atoms with Crippen molar-refractivity contribution in [2.75, 3.05) is 0 Å². The fourth-order valence-corrected chi connectivity index (χ4v) is 0.972. The zero-order valence-corrected chi connectivity index (χ0v) is 7.13. The van der Waals surface area contributed by atoms with E-state index in [4.69, 9.17) is 5.11 Å². The molecule has 0 fully saturated rings. The second-order valence-electron chi connectivity index (χ2n) is 3.17. The molecule has 0 aliphatic heterocycles. The van der Waals surface area contributed by atoms with Crippen molar-refractivity contribution in [3.05, 3.63) is 0 Å². The molecule has 0 aromatic heterocycles. The zero-order chi connectivity index (χ0) is 8.91. The summed E-state index contributed by atoms with van der Waals surface area (Å²) < 4.78 is 0. The van der Waals surface area contributed by atoms with E-state index in [1.807, 2.05) is 6.92 Å². The summed E-state index contributed by atoms with van der Waals surface area (Å²) in [6.07, 6.45) is 2.26. The number of hydrogen-bond acceptors (Lipinski definition) is 2. The van der Waals surface area contributed by atoms with Gasteiger partial charge < -0.3 is 10.2 Å². The Labute approximate surface area is 67.0 Å². The molecular weight excluding hydrogens is 144 g/mol. The molecule has 0 bridgehead atoms. The summed E-state index contributed by atoms with van der Waals surface area (Å²) in [6, 6.07) is 0. The Hall–Kier alpha value is -0.570. The van der Waals surface area contributed by atoms with E-state index in [1.165, 1.54) is 0 Å². The van der Waals surface area contributed by atoms with Crippen molar-refractivity contribution in [1.82, 2.24) is 0 Å². The third-order valence-electron chi connectivity index (χ3n) is 1.60. The average Bonchev–Trinajstić information content (AvgIpc) is 1.81. The van der Waals surface area contributed by atoms with Crippen molar-refractivity contribution in [2.45, 2.75) is 45.1 Å². The molecule has 0 aliphatic carbocycles. The van der Waals surface area contributed by atoms with Crippen molar-refractivity contribution >= 4 is 5.97 Å². The SMILES string of the molecule is CCCC[C@@](C)(O)CC(=O)O. The van der Waals surface area contributed by atoms with E-state index < -0.39 is 11.6 Å². The van der Waals surface area contributed by atoms with Gasteiger partial charge in [-0.25, -0.2) is 0 Å². The Morgan fingerprint density at radius 1 is 1.55 bits per heavy atom. The average molecular weight is 160 g/mol. The monoisotopic (exact) mass is 160 g/mol. The predicted octanol–water partition coefficient (Wildman–Crippen LogP) is 1.40. The lowest BCUT2D eigenvalue weighted by molar-refractivity contribution is -0.142. The summed E-state index contributed by atoms with van der Waals surface area (Å²) in [7, 11) is 0. The molecule has 0 aromatic rings. The fourth-order valence-electron chi connectivity index (χ4n) is 0.972. The molecule has 0 saturated carbocycles. The minimum absolute atomic E-state index is 0.160. The number of rotatable bonds is 5. The largest absolute Gasteiger partial charge is 0.481 e. The van der Waals surface area contributed by atoms with Gasteiger partial charge in [0.15, 0.2) is 0 Å². The fraction of sp³-hybridized carbons (Fsp3) is 0.875. The summed E-state index contributed by atoms with van der Waals surface area (Å²) in [5, 5.41) is 17.8. The number of aliphatic hydroxyl groups is 1. The number of carboxylic acids is 1. The topological polar surface area (TPSA) is 57.5 Å². The van der Waals surface area contributed by atoms with Crippen LogP contribution in [-0.4, -0.2) is 21.8 Å². The summed E-state index contributed by atoms with van der Waals surface area (Å²) in [5.74, 6) is -0.939. The predicted molar refractivity (Wildman–Crippen MR) is 42.4 cm³/mol. The third kappa shape index (κ3) is 5.85. The van der Waals surface area contributed by atoms with Crippen LogP contribution in [0.2, 0.25) is 0 Å². The van der Waals surface area contributed by atoms with Gasteiger partial charge in [-0.3, -0.25) is 4.79 Å². The second kappa shape index (κ2) is 4.34. The third-order valence-corrected chi connectivity index (χ3v) is 1.60. The van der Waals surface area contributed by atoms with Crippen molar-refractivity contribution in [3.8, 4) is 0 Å². The molecule has 11 heavy (non-hydrogen) atoms. The van der Waals surface area contributed by atoms with Gasteiger partial charge in [-0.1, -0.05) is 19.8 Å². The highest BCUT2D eigenvalue weighted by molar-refractivity contribution is 5.67. The molecule has 66 valence electrons. The Morgan fingerprint density at radius 2 is 2.09 bits per heavy atom. The number of hydrogen-bond donors (Lipinski definition) is 2. The van der Waals surface area contributed by atoms with E-state index in [-0.39, 0.29) is 6.42 Å². The van der Waals surface area contributed by atoms with Gasteiger partial charge in [0, 0.05) is 0 Å². The second-order valence-corrected chi connectivity index (χ2v) is 3.17. The summed E-state index contributed by atoms with van der Waals surface area (Å²) in [5.41, 5.74) is -1.03. The van der Waals surface area contributed by atoms with Gasteiger partial charge in [0.2, 0.25) is 0 Å². The van der Waals surface area contributed by atoms with Gasteiger partial charge in [-0.05, 0) is 13.3 Å². The minimum Gasteiger partial charge on any atom is -0.481 e. The zero-order valence-electron chi connectivity index (χ0n) is 7.13. The number of carboxylic acid groups (broad SMARTS) is 1. The Morgan fingerprint density at radius 3 is 2.45 bits per heavy atom. The van der Waals surface area contributed by atoms with E-state index in [0.717, 1.165) is 12.8 Å². The van der Waals surface area contributed by atoms with Gasteiger partial charge in [0.05, 0.1) is 12.0 Å². The van der Waals surface area contributed by atoms with Crippen LogP contribution < -0.4 is 0 Å². The summed E-state index contributed by atoms with van der Waals surface area (Å²) >= 11 is 0. The van der Waals surface area contributed by atoms with Gasteiger partial charge in [0.25, 0.3) is 0 Å².